The molecule has 2 heterocycles. The van der Waals surface area contributed by atoms with Crippen molar-refractivity contribution in [1.82, 2.24) is 4.98 Å². The largest absolute Gasteiger partial charge is 0.477 e. The number of nitrogens with zero attached hydrogens (tertiary/aromatic N) is 1. The van der Waals surface area contributed by atoms with Gasteiger partial charge in [-0.25, -0.2) is 9.78 Å². The van der Waals surface area contributed by atoms with Crippen molar-refractivity contribution in [1.29, 1.82) is 0 Å². The molecule has 0 unspecified atom stereocenters. The number of carboxylic acids is 1. The molecule has 0 aliphatic rings. The maximum atomic E-state index is 10.8. The second kappa shape index (κ2) is 3.71. The Balaban J connectivity index is 2.17. The summed E-state index contributed by atoms with van der Waals surface area (Å²) in [5.74, 6) is -0.957. The van der Waals surface area contributed by atoms with Crippen LogP contribution in [0.1, 0.15) is 9.67 Å². The number of aromatic carboxylic acids is 1. The Bertz CT molecular complexity index is 698. The van der Waals surface area contributed by atoms with Gasteiger partial charge < -0.3 is 9.52 Å². The summed E-state index contributed by atoms with van der Waals surface area (Å²) < 4.78 is 5.39. The molecule has 3 aromatic rings. The normalized spacial score (nSPS) is 10.8. The van der Waals surface area contributed by atoms with E-state index >= 15 is 0 Å². The fourth-order valence-electron chi connectivity index (χ4n) is 1.64. The first-order chi connectivity index (χ1) is 8.25. The van der Waals surface area contributed by atoms with E-state index in [0.717, 1.165) is 27.9 Å². The molecular weight excluding hydrogens is 238 g/mol. The Morgan fingerprint density at radius 2 is 2.18 bits per heavy atom. The number of hydrogen-bond donors (Lipinski definition) is 1. The van der Waals surface area contributed by atoms with Gasteiger partial charge in [0, 0.05) is 5.39 Å². The van der Waals surface area contributed by atoms with Gasteiger partial charge in [-0.3, -0.25) is 0 Å². The van der Waals surface area contributed by atoms with Crippen LogP contribution >= 0.6 is 11.3 Å². The van der Waals surface area contributed by atoms with Crippen molar-refractivity contribution in [2.75, 3.05) is 0 Å². The van der Waals surface area contributed by atoms with Crippen LogP contribution in [-0.4, -0.2) is 16.1 Å². The average Bonchev–Trinajstić information content (AvgIpc) is 2.95. The van der Waals surface area contributed by atoms with E-state index in [2.05, 4.69) is 4.98 Å². The van der Waals surface area contributed by atoms with Gasteiger partial charge in [0.2, 0.25) is 0 Å². The lowest BCUT2D eigenvalue weighted by atomic mass is 10.2. The van der Waals surface area contributed by atoms with Crippen LogP contribution in [0.5, 0.6) is 0 Å². The maximum absolute atomic E-state index is 10.8. The highest BCUT2D eigenvalue weighted by Gasteiger charge is 2.14. The Hall–Kier alpha value is -2.14. The molecule has 0 aliphatic heterocycles. The molecule has 84 valence electrons. The van der Waals surface area contributed by atoms with Gasteiger partial charge in [-0.15, -0.1) is 11.3 Å². The monoisotopic (exact) mass is 245 g/mol. The van der Waals surface area contributed by atoms with Gasteiger partial charge >= 0.3 is 5.97 Å². The molecule has 1 aromatic carbocycles. The number of carboxylic acid groups (broad SMARTS) is 1. The smallest absolute Gasteiger partial charge is 0.347 e. The molecular formula is C12H7NO3S. The minimum atomic E-state index is -0.957. The van der Waals surface area contributed by atoms with Gasteiger partial charge in [-0.05, 0) is 6.07 Å². The van der Waals surface area contributed by atoms with Gasteiger partial charge in [0.15, 0.2) is 0 Å². The van der Waals surface area contributed by atoms with Crippen LogP contribution in [0.25, 0.3) is 21.5 Å². The van der Waals surface area contributed by atoms with E-state index in [1.807, 2.05) is 24.3 Å². The molecule has 5 heteroatoms. The highest BCUT2D eigenvalue weighted by molar-refractivity contribution is 7.16. The molecule has 0 radical (unpaired) electrons. The molecule has 0 atom stereocenters. The quantitative estimate of drug-likeness (QED) is 0.752. The van der Waals surface area contributed by atoms with E-state index in [1.165, 1.54) is 6.20 Å². The molecule has 0 bridgehead atoms. The number of furan rings is 1. The molecule has 1 N–H and O–H groups in total. The summed E-state index contributed by atoms with van der Waals surface area (Å²) in [6, 6.07) is 7.59. The number of para-hydroxylation sites is 1. The zero-order valence-corrected chi connectivity index (χ0v) is 9.40. The maximum Gasteiger partial charge on any atom is 0.347 e. The molecule has 4 nitrogen and oxygen atoms in total. The fourth-order valence-corrected chi connectivity index (χ4v) is 2.42. The molecule has 0 fully saturated rings. The van der Waals surface area contributed by atoms with Crippen LogP contribution in [-0.2, 0) is 0 Å². The number of thiazole rings is 1. The number of fused-ring (bicyclic) bond motifs is 1. The summed E-state index contributed by atoms with van der Waals surface area (Å²) in [5, 5.41) is 10.5. The summed E-state index contributed by atoms with van der Waals surface area (Å²) in [5.41, 5.74) is 1.60. The summed E-state index contributed by atoms with van der Waals surface area (Å²) in [6.45, 7) is 0. The predicted molar refractivity (Wildman–Crippen MR) is 64.3 cm³/mol. The minimum Gasteiger partial charge on any atom is -0.477 e. The zero-order valence-electron chi connectivity index (χ0n) is 8.58. The molecule has 0 amide bonds. The van der Waals surface area contributed by atoms with E-state index in [9.17, 15) is 4.79 Å². The van der Waals surface area contributed by atoms with Crippen LogP contribution in [0.2, 0.25) is 0 Å². The first-order valence-electron chi connectivity index (χ1n) is 4.91. The number of carbonyl (C=O) groups is 1. The van der Waals surface area contributed by atoms with Crippen LogP contribution < -0.4 is 0 Å². The summed E-state index contributed by atoms with van der Waals surface area (Å²) in [7, 11) is 0. The van der Waals surface area contributed by atoms with E-state index < -0.39 is 5.97 Å². The SMILES string of the molecule is O=C(O)c1cnc(-c2coc3ccccc23)s1. The van der Waals surface area contributed by atoms with Crippen molar-refractivity contribution >= 4 is 28.3 Å². The minimum absolute atomic E-state index is 0.227. The first kappa shape index (κ1) is 10.0. The standard InChI is InChI=1S/C12H7NO3S/c14-12(15)10-5-13-11(17-10)8-6-16-9-4-2-1-3-7(8)9/h1-6H,(H,14,15). The van der Waals surface area contributed by atoms with E-state index in [1.54, 1.807) is 6.26 Å². The number of hydrogen-bond acceptors (Lipinski definition) is 4. The first-order valence-corrected chi connectivity index (χ1v) is 5.73. The molecule has 2 aromatic heterocycles. The summed E-state index contributed by atoms with van der Waals surface area (Å²) >= 11 is 1.14. The molecule has 3 rings (SSSR count). The third-order valence-corrected chi connectivity index (χ3v) is 3.45. The molecule has 0 spiro atoms. The fraction of sp³-hybridized carbons (Fsp3) is 0. The number of benzene rings is 1. The molecule has 0 aliphatic carbocycles. The Kier molecular flexibility index (Phi) is 2.19. The third kappa shape index (κ3) is 1.60. The van der Waals surface area contributed by atoms with Crippen molar-refractivity contribution in [3.63, 3.8) is 0 Å². The highest BCUT2D eigenvalue weighted by atomic mass is 32.1. The number of rotatable bonds is 2. The lowest BCUT2D eigenvalue weighted by molar-refractivity contribution is 0.0702. The highest BCUT2D eigenvalue weighted by Crippen LogP contribution is 2.32. The Morgan fingerprint density at radius 1 is 1.35 bits per heavy atom. The van der Waals surface area contributed by atoms with E-state index in [0.29, 0.717) is 5.01 Å². The zero-order chi connectivity index (χ0) is 11.8. The topological polar surface area (TPSA) is 63.3 Å². The van der Waals surface area contributed by atoms with Gasteiger partial charge in [0.05, 0.1) is 11.8 Å². The van der Waals surface area contributed by atoms with Gasteiger partial charge in [-0.1, -0.05) is 18.2 Å². The summed E-state index contributed by atoms with van der Waals surface area (Å²) in [4.78, 5) is 15.1. The van der Waals surface area contributed by atoms with Crippen molar-refractivity contribution in [3.05, 3.63) is 41.6 Å². The molecule has 0 saturated heterocycles. The molecule has 17 heavy (non-hydrogen) atoms. The van der Waals surface area contributed by atoms with Crippen LogP contribution in [0, 0.1) is 0 Å². The Morgan fingerprint density at radius 3 is 2.94 bits per heavy atom. The van der Waals surface area contributed by atoms with Crippen LogP contribution in [0.3, 0.4) is 0 Å². The van der Waals surface area contributed by atoms with Gasteiger partial charge in [0.1, 0.15) is 21.7 Å². The average molecular weight is 245 g/mol. The second-order valence-electron chi connectivity index (χ2n) is 3.48. The molecule has 0 saturated carbocycles. The summed E-state index contributed by atoms with van der Waals surface area (Å²) in [6.07, 6.45) is 2.97. The van der Waals surface area contributed by atoms with E-state index in [4.69, 9.17) is 9.52 Å². The van der Waals surface area contributed by atoms with Crippen molar-refractivity contribution in [3.8, 4) is 10.6 Å². The van der Waals surface area contributed by atoms with Crippen molar-refractivity contribution in [2.45, 2.75) is 0 Å². The lowest BCUT2D eigenvalue weighted by Gasteiger charge is -1.90. The number of aromatic nitrogens is 1. The van der Waals surface area contributed by atoms with Crippen LogP contribution in [0.15, 0.2) is 41.1 Å². The third-order valence-electron chi connectivity index (χ3n) is 2.43. The van der Waals surface area contributed by atoms with Gasteiger partial charge in [0.25, 0.3) is 0 Å². The second-order valence-corrected chi connectivity index (χ2v) is 4.51. The van der Waals surface area contributed by atoms with Crippen molar-refractivity contribution < 1.29 is 14.3 Å². The van der Waals surface area contributed by atoms with Gasteiger partial charge in [-0.2, -0.15) is 0 Å². The predicted octanol–water partition coefficient (Wildman–Crippen LogP) is 3.25. The Labute approximate surface area is 100 Å². The van der Waals surface area contributed by atoms with Crippen molar-refractivity contribution in [2.24, 2.45) is 0 Å². The lowest BCUT2D eigenvalue weighted by Crippen LogP contribution is -1.89. The van der Waals surface area contributed by atoms with Crippen LogP contribution in [0.4, 0.5) is 0 Å². The van der Waals surface area contributed by atoms with E-state index in [-0.39, 0.29) is 4.88 Å².